The Hall–Kier alpha value is -2.17. The van der Waals surface area contributed by atoms with Crippen LogP contribution in [0.3, 0.4) is 0 Å². The lowest BCUT2D eigenvalue weighted by Crippen LogP contribution is -2.43. The number of nitrogens with one attached hydrogen (secondary N) is 1. The molecule has 5 nitrogen and oxygen atoms in total. The third-order valence-electron chi connectivity index (χ3n) is 4.05. The molecular formula is C16H19N3O2. The van der Waals surface area contributed by atoms with E-state index < -0.39 is 0 Å². The Morgan fingerprint density at radius 2 is 1.81 bits per heavy atom. The van der Waals surface area contributed by atoms with E-state index in [2.05, 4.69) is 24.0 Å². The monoisotopic (exact) mass is 285 g/mol. The molecule has 1 amide bonds. The van der Waals surface area contributed by atoms with Crippen molar-refractivity contribution in [1.29, 1.82) is 0 Å². The molecule has 21 heavy (non-hydrogen) atoms. The third kappa shape index (κ3) is 2.55. The van der Waals surface area contributed by atoms with Gasteiger partial charge in [-0.1, -0.05) is 32.0 Å². The molecule has 110 valence electrons. The quantitative estimate of drug-likeness (QED) is 0.872. The number of rotatable bonds is 1. The molecule has 1 aromatic carbocycles. The molecule has 1 N–H and O–H groups in total. The normalized spacial score (nSPS) is 22.5. The minimum absolute atomic E-state index is 0.0964. The molecule has 1 aliphatic heterocycles. The van der Waals surface area contributed by atoms with Gasteiger partial charge in [0.25, 0.3) is 11.5 Å². The Bertz CT molecular complexity index is 728. The summed E-state index contributed by atoms with van der Waals surface area (Å²) in [5.41, 5.74) is 0.0778. The van der Waals surface area contributed by atoms with E-state index >= 15 is 0 Å². The minimum atomic E-state index is -0.262. The van der Waals surface area contributed by atoms with Crippen LogP contribution in [0.5, 0.6) is 0 Å². The highest BCUT2D eigenvalue weighted by Crippen LogP contribution is 2.23. The highest BCUT2D eigenvalue weighted by molar-refractivity contribution is 6.04. The SMILES string of the molecule is CC1CC(C)CN(C(=O)c2n[nH]c(=O)c3ccccc23)C1. The molecule has 1 fully saturated rings. The van der Waals surface area contributed by atoms with Gasteiger partial charge in [0.05, 0.1) is 5.39 Å². The largest absolute Gasteiger partial charge is 0.337 e. The minimum Gasteiger partial charge on any atom is -0.337 e. The van der Waals surface area contributed by atoms with E-state index in [1.54, 1.807) is 18.2 Å². The zero-order chi connectivity index (χ0) is 15.0. The Morgan fingerprint density at radius 1 is 1.19 bits per heavy atom. The maximum Gasteiger partial charge on any atom is 0.274 e. The maximum absolute atomic E-state index is 12.8. The Kier molecular flexibility index (Phi) is 3.49. The zero-order valence-electron chi connectivity index (χ0n) is 12.3. The molecular weight excluding hydrogens is 266 g/mol. The van der Waals surface area contributed by atoms with Gasteiger partial charge in [0.1, 0.15) is 0 Å². The molecule has 2 aromatic rings. The Morgan fingerprint density at radius 3 is 2.48 bits per heavy atom. The number of hydrogen-bond acceptors (Lipinski definition) is 3. The average Bonchev–Trinajstić information content (AvgIpc) is 2.46. The molecule has 1 saturated heterocycles. The van der Waals surface area contributed by atoms with Gasteiger partial charge in [-0.05, 0) is 24.3 Å². The van der Waals surface area contributed by atoms with Crippen molar-refractivity contribution in [1.82, 2.24) is 15.1 Å². The summed E-state index contributed by atoms with van der Waals surface area (Å²) < 4.78 is 0. The molecule has 5 heteroatoms. The summed E-state index contributed by atoms with van der Waals surface area (Å²) in [5.74, 6) is 0.888. The molecule has 0 spiro atoms. The first kappa shape index (κ1) is 13.8. The Balaban J connectivity index is 2.02. The summed E-state index contributed by atoms with van der Waals surface area (Å²) in [5, 5.41) is 7.57. The van der Waals surface area contributed by atoms with Crippen molar-refractivity contribution >= 4 is 16.7 Å². The number of aromatic nitrogens is 2. The van der Waals surface area contributed by atoms with Gasteiger partial charge in [-0.3, -0.25) is 9.59 Å². The van der Waals surface area contributed by atoms with Crippen LogP contribution in [0.15, 0.2) is 29.1 Å². The molecule has 0 saturated carbocycles. The van der Waals surface area contributed by atoms with Crippen LogP contribution in [0, 0.1) is 11.8 Å². The lowest BCUT2D eigenvalue weighted by atomic mass is 9.91. The second-order valence-electron chi connectivity index (χ2n) is 6.10. The second-order valence-corrected chi connectivity index (χ2v) is 6.10. The van der Waals surface area contributed by atoms with E-state index in [0.717, 1.165) is 19.5 Å². The number of aromatic amines is 1. The van der Waals surface area contributed by atoms with Crippen LogP contribution in [0.1, 0.15) is 30.8 Å². The molecule has 3 rings (SSSR count). The number of H-pyrrole nitrogens is 1. The van der Waals surface area contributed by atoms with Crippen molar-refractivity contribution in [3.63, 3.8) is 0 Å². The average molecular weight is 285 g/mol. The number of carbonyl (C=O) groups is 1. The number of likely N-dealkylation sites (tertiary alicyclic amines) is 1. The van der Waals surface area contributed by atoms with Crippen molar-refractivity contribution in [2.75, 3.05) is 13.1 Å². The number of amides is 1. The summed E-state index contributed by atoms with van der Waals surface area (Å²) >= 11 is 0. The number of benzene rings is 1. The van der Waals surface area contributed by atoms with Crippen molar-refractivity contribution in [3.05, 3.63) is 40.3 Å². The fourth-order valence-electron chi connectivity index (χ4n) is 3.26. The van der Waals surface area contributed by atoms with Crippen LogP contribution in [0.25, 0.3) is 10.8 Å². The van der Waals surface area contributed by atoms with E-state index in [-0.39, 0.29) is 11.5 Å². The van der Waals surface area contributed by atoms with Gasteiger partial charge in [0.15, 0.2) is 5.69 Å². The van der Waals surface area contributed by atoms with Gasteiger partial charge < -0.3 is 4.90 Å². The molecule has 0 aliphatic carbocycles. The summed E-state index contributed by atoms with van der Waals surface area (Å²) in [6, 6.07) is 7.11. The van der Waals surface area contributed by atoms with Gasteiger partial charge in [-0.25, -0.2) is 5.10 Å². The van der Waals surface area contributed by atoms with Crippen molar-refractivity contribution in [3.8, 4) is 0 Å². The second kappa shape index (κ2) is 5.31. The lowest BCUT2D eigenvalue weighted by Gasteiger charge is -2.34. The fraction of sp³-hybridized carbons (Fsp3) is 0.438. The number of fused-ring (bicyclic) bond motifs is 1. The number of hydrogen-bond donors (Lipinski definition) is 1. The van der Waals surface area contributed by atoms with Crippen LogP contribution in [-0.4, -0.2) is 34.1 Å². The van der Waals surface area contributed by atoms with E-state index in [0.29, 0.717) is 28.3 Å². The van der Waals surface area contributed by atoms with Crippen molar-refractivity contribution in [2.24, 2.45) is 11.8 Å². The van der Waals surface area contributed by atoms with Gasteiger partial charge >= 0.3 is 0 Å². The summed E-state index contributed by atoms with van der Waals surface area (Å²) in [4.78, 5) is 26.4. The summed E-state index contributed by atoms with van der Waals surface area (Å²) in [6.45, 7) is 5.82. The summed E-state index contributed by atoms with van der Waals surface area (Å²) in [6.07, 6.45) is 1.14. The van der Waals surface area contributed by atoms with Gasteiger partial charge in [0, 0.05) is 18.5 Å². The summed E-state index contributed by atoms with van der Waals surface area (Å²) in [7, 11) is 0. The first-order valence-electron chi connectivity index (χ1n) is 7.33. The van der Waals surface area contributed by atoms with Crippen LogP contribution in [0.2, 0.25) is 0 Å². The molecule has 2 atom stereocenters. The van der Waals surface area contributed by atoms with Crippen LogP contribution in [-0.2, 0) is 0 Å². The van der Waals surface area contributed by atoms with Crippen molar-refractivity contribution in [2.45, 2.75) is 20.3 Å². The van der Waals surface area contributed by atoms with Crippen LogP contribution < -0.4 is 5.56 Å². The number of carbonyl (C=O) groups excluding carboxylic acids is 1. The van der Waals surface area contributed by atoms with E-state index in [1.165, 1.54) is 0 Å². The molecule has 1 aromatic heterocycles. The highest BCUT2D eigenvalue weighted by atomic mass is 16.2. The molecule has 0 bridgehead atoms. The van der Waals surface area contributed by atoms with E-state index in [1.807, 2.05) is 11.0 Å². The number of nitrogens with zero attached hydrogens (tertiary/aromatic N) is 2. The fourth-order valence-corrected chi connectivity index (χ4v) is 3.26. The maximum atomic E-state index is 12.8. The van der Waals surface area contributed by atoms with Crippen LogP contribution >= 0.6 is 0 Å². The van der Waals surface area contributed by atoms with Gasteiger partial charge in [-0.15, -0.1) is 0 Å². The van der Waals surface area contributed by atoms with Crippen molar-refractivity contribution < 1.29 is 4.79 Å². The van der Waals surface area contributed by atoms with E-state index in [4.69, 9.17) is 0 Å². The molecule has 2 heterocycles. The van der Waals surface area contributed by atoms with Crippen LogP contribution in [0.4, 0.5) is 0 Å². The standard InChI is InChI=1S/C16H19N3O2/c1-10-7-11(2)9-19(8-10)16(21)14-12-5-3-4-6-13(12)15(20)18-17-14/h3-6,10-11H,7-9H2,1-2H3,(H,18,20). The van der Waals surface area contributed by atoms with Gasteiger partial charge in [-0.2, -0.15) is 5.10 Å². The first-order valence-corrected chi connectivity index (χ1v) is 7.33. The Labute approximate surface area is 123 Å². The smallest absolute Gasteiger partial charge is 0.274 e. The van der Waals surface area contributed by atoms with E-state index in [9.17, 15) is 9.59 Å². The first-order chi connectivity index (χ1) is 10.1. The highest BCUT2D eigenvalue weighted by Gasteiger charge is 2.28. The van der Waals surface area contributed by atoms with Gasteiger partial charge in [0.2, 0.25) is 0 Å². The predicted octanol–water partition coefficient (Wildman–Crippen LogP) is 2.04. The predicted molar refractivity (Wildman–Crippen MR) is 81.2 cm³/mol. The molecule has 0 radical (unpaired) electrons. The third-order valence-corrected chi connectivity index (χ3v) is 4.05. The number of piperidine rings is 1. The molecule has 2 unspecified atom stereocenters. The molecule has 1 aliphatic rings. The topological polar surface area (TPSA) is 66.1 Å². The zero-order valence-corrected chi connectivity index (χ0v) is 12.3. The lowest BCUT2D eigenvalue weighted by molar-refractivity contribution is 0.0618.